The van der Waals surface area contributed by atoms with E-state index in [1.54, 1.807) is 19.2 Å². The van der Waals surface area contributed by atoms with Crippen molar-refractivity contribution in [2.75, 3.05) is 13.7 Å². The molecule has 0 aliphatic carbocycles. The molecular weight excluding hydrogens is 228 g/mol. The number of benzene rings is 1. The molecular formula is C14H22N2O2. The predicted octanol–water partition coefficient (Wildman–Crippen LogP) is 1.15. The summed E-state index contributed by atoms with van der Waals surface area (Å²) in [6.45, 7) is 4.97. The van der Waals surface area contributed by atoms with Crippen LogP contribution in [0.5, 0.6) is 0 Å². The van der Waals surface area contributed by atoms with Crippen LogP contribution in [0.4, 0.5) is 0 Å². The summed E-state index contributed by atoms with van der Waals surface area (Å²) >= 11 is 0. The predicted molar refractivity (Wildman–Crippen MR) is 72.4 cm³/mol. The van der Waals surface area contributed by atoms with Gasteiger partial charge in [0.1, 0.15) is 0 Å². The van der Waals surface area contributed by atoms with Crippen LogP contribution in [0.15, 0.2) is 24.3 Å². The van der Waals surface area contributed by atoms with E-state index >= 15 is 0 Å². The van der Waals surface area contributed by atoms with Gasteiger partial charge in [0, 0.05) is 25.2 Å². The van der Waals surface area contributed by atoms with Crippen LogP contribution in [0.1, 0.15) is 29.8 Å². The molecule has 0 bridgehead atoms. The van der Waals surface area contributed by atoms with E-state index in [-0.39, 0.29) is 18.6 Å². The van der Waals surface area contributed by atoms with Crippen LogP contribution in [0, 0.1) is 5.92 Å². The standard InChI is InChI=1S/C14H22N2O2/c1-10(2)13(9-17)16-8-11-4-6-12(7-5-11)14(18)15-3/h4-7,10,13,16-17H,8-9H2,1-3H3,(H,15,18). The average molecular weight is 250 g/mol. The molecule has 100 valence electrons. The third-order valence-electron chi connectivity index (χ3n) is 3.01. The SMILES string of the molecule is CNC(=O)c1ccc(CNC(CO)C(C)C)cc1. The van der Waals surface area contributed by atoms with Crippen molar-refractivity contribution in [3.05, 3.63) is 35.4 Å². The maximum atomic E-state index is 11.4. The van der Waals surface area contributed by atoms with Gasteiger partial charge >= 0.3 is 0 Å². The molecule has 0 aromatic heterocycles. The lowest BCUT2D eigenvalue weighted by molar-refractivity contribution is 0.0963. The zero-order chi connectivity index (χ0) is 13.5. The molecule has 1 amide bonds. The topological polar surface area (TPSA) is 61.4 Å². The Balaban J connectivity index is 2.56. The Morgan fingerprint density at radius 1 is 1.28 bits per heavy atom. The number of hydrogen-bond acceptors (Lipinski definition) is 3. The molecule has 1 rings (SSSR count). The van der Waals surface area contributed by atoms with E-state index in [0.29, 0.717) is 18.0 Å². The maximum Gasteiger partial charge on any atom is 0.251 e. The molecule has 0 spiro atoms. The second-order valence-electron chi connectivity index (χ2n) is 4.69. The summed E-state index contributed by atoms with van der Waals surface area (Å²) < 4.78 is 0. The van der Waals surface area contributed by atoms with Crippen LogP contribution in [0.2, 0.25) is 0 Å². The molecule has 0 heterocycles. The number of aliphatic hydroxyl groups is 1. The summed E-state index contributed by atoms with van der Waals surface area (Å²) in [5.41, 5.74) is 1.76. The molecule has 0 aliphatic rings. The molecule has 0 radical (unpaired) electrons. The van der Waals surface area contributed by atoms with Crippen molar-refractivity contribution in [3.8, 4) is 0 Å². The van der Waals surface area contributed by atoms with Gasteiger partial charge < -0.3 is 15.7 Å². The van der Waals surface area contributed by atoms with Crippen molar-refractivity contribution in [1.29, 1.82) is 0 Å². The Morgan fingerprint density at radius 3 is 2.33 bits per heavy atom. The smallest absolute Gasteiger partial charge is 0.251 e. The van der Waals surface area contributed by atoms with Crippen LogP contribution in [0.25, 0.3) is 0 Å². The third-order valence-corrected chi connectivity index (χ3v) is 3.01. The molecule has 1 unspecified atom stereocenters. The normalized spacial score (nSPS) is 12.5. The van der Waals surface area contributed by atoms with Crippen molar-refractivity contribution >= 4 is 5.91 Å². The summed E-state index contributed by atoms with van der Waals surface area (Å²) in [5, 5.41) is 15.1. The second-order valence-corrected chi connectivity index (χ2v) is 4.69. The minimum Gasteiger partial charge on any atom is -0.395 e. The quantitative estimate of drug-likeness (QED) is 0.710. The van der Waals surface area contributed by atoms with Crippen LogP contribution < -0.4 is 10.6 Å². The number of aliphatic hydroxyl groups excluding tert-OH is 1. The molecule has 1 atom stereocenters. The van der Waals surface area contributed by atoms with Crippen molar-refractivity contribution in [3.63, 3.8) is 0 Å². The number of carbonyl (C=O) groups excluding carboxylic acids is 1. The van der Waals surface area contributed by atoms with E-state index < -0.39 is 0 Å². The largest absolute Gasteiger partial charge is 0.395 e. The highest BCUT2D eigenvalue weighted by Gasteiger charge is 2.11. The van der Waals surface area contributed by atoms with Gasteiger partial charge in [-0.05, 0) is 23.6 Å². The molecule has 0 saturated carbocycles. The Bertz CT molecular complexity index is 374. The van der Waals surface area contributed by atoms with E-state index in [4.69, 9.17) is 0 Å². The Kier molecular flexibility index (Phi) is 5.82. The molecule has 18 heavy (non-hydrogen) atoms. The van der Waals surface area contributed by atoms with Crippen molar-refractivity contribution in [2.24, 2.45) is 5.92 Å². The van der Waals surface area contributed by atoms with Gasteiger partial charge in [-0.1, -0.05) is 26.0 Å². The molecule has 4 nitrogen and oxygen atoms in total. The molecule has 4 heteroatoms. The van der Waals surface area contributed by atoms with Gasteiger partial charge in [-0.25, -0.2) is 0 Å². The van der Waals surface area contributed by atoms with E-state index in [1.807, 2.05) is 12.1 Å². The number of hydrogen-bond donors (Lipinski definition) is 3. The van der Waals surface area contributed by atoms with E-state index in [1.165, 1.54) is 0 Å². The van der Waals surface area contributed by atoms with Gasteiger partial charge in [0.25, 0.3) is 5.91 Å². The molecule has 1 aromatic carbocycles. The van der Waals surface area contributed by atoms with Gasteiger partial charge in [-0.15, -0.1) is 0 Å². The Hall–Kier alpha value is -1.39. The highest BCUT2D eigenvalue weighted by Crippen LogP contribution is 2.06. The van der Waals surface area contributed by atoms with Crippen molar-refractivity contribution in [2.45, 2.75) is 26.4 Å². The van der Waals surface area contributed by atoms with Gasteiger partial charge in [0.05, 0.1) is 6.61 Å². The lowest BCUT2D eigenvalue weighted by atomic mass is 10.0. The van der Waals surface area contributed by atoms with Crippen molar-refractivity contribution < 1.29 is 9.90 Å². The maximum absolute atomic E-state index is 11.4. The third kappa shape index (κ3) is 4.13. The fraction of sp³-hybridized carbons (Fsp3) is 0.500. The highest BCUT2D eigenvalue weighted by atomic mass is 16.3. The summed E-state index contributed by atoms with van der Waals surface area (Å²) in [7, 11) is 1.62. The summed E-state index contributed by atoms with van der Waals surface area (Å²) in [6.07, 6.45) is 0. The van der Waals surface area contributed by atoms with E-state index in [2.05, 4.69) is 24.5 Å². The van der Waals surface area contributed by atoms with Crippen LogP contribution >= 0.6 is 0 Å². The van der Waals surface area contributed by atoms with E-state index in [0.717, 1.165) is 5.56 Å². The number of carbonyl (C=O) groups is 1. The summed E-state index contributed by atoms with van der Waals surface area (Å²) in [6, 6.07) is 7.56. The van der Waals surface area contributed by atoms with Crippen LogP contribution in [-0.4, -0.2) is 30.7 Å². The first-order valence-electron chi connectivity index (χ1n) is 6.23. The van der Waals surface area contributed by atoms with E-state index in [9.17, 15) is 9.90 Å². The Labute approximate surface area is 108 Å². The monoisotopic (exact) mass is 250 g/mol. The number of rotatable bonds is 6. The summed E-state index contributed by atoms with van der Waals surface area (Å²) in [5.74, 6) is 0.310. The van der Waals surface area contributed by atoms with Gasteiger partial charge in [0.15, 0.2) is 0 Å². The number of amides is 1. The first-order valence-corrected chi connectivity index (χ1v) is 6.23. The fourth-order valence-corrected chi connectivity index (χ4v) is 1.68. The van der Waals surface area contributed by atoms with Gasteiger partial charge in [0.2, 0.25) is 0 Å². The first-order chi connectivity index (χ1) is 8.58. The minimum absolute atomic E-state index is 0.0788. The Morgan fingerprint density at radius 2 is 1.89 bits per heavy atom. The molecule has 3 N–H and O–H groups in total. The average Bonchev–Trinajstić information content (AvgIpc) is 2.39. The molecule has 1 aromatic rings. The molecule has 0 saturated heterocycles. The molecule has 0 aliphatic heterocycles. The lowest BCUT2D eigenvalue weighted by Crippen LogP contribution is -2.36. The van der Waals surface area contributed by atoms with Gasteiger partial charge in [-0.2, -0.15) is 0 Å². The zero-order valence-electron chi connectivity index (χ0n) is 11.2. The minimum atomic E-state index is -0.0788. The summed E-state index contributed by atoms with van der Waals surface area (Å²) in [4.78, 5) is 11.4. The second kappa shape index (κ2) is 7.13. The highest BCUT2D eigenvalue weighted by molar-refractivity contribution is 5.93. The van der Waals surface area contributed by atoms with Gasteiger partial charge in [-0.3, -0.25) is 4.79 Å². The fourth-order valence-electron chi connectivity index (χ4n) is 1.68. The van der Waals surface area contributed by atoms with Crippen LogP contribution in [-0.2, 0) is 6.54 Å². The molecule has 0 fully saturated rings. The lowest BCUT2D eigenvalue weighted by Gasteiger charge is -2.19. The number of nitrogens with one attached hydrogen (secondary N) is 2. The zero-order valence-corrected chi connectivity index (χ0v) is 11.2. The first kappa shape index (κ1) is 14.7. The van der Waals surface area contributed by atoms with Crippen LogP contribution in [0.3, 0.4) is 0 Å². The van der Waals surface area contributed by atoms with Crippen molar-refractivity contribution in [1.82, 2.24) is 10.6 Å².